The first-order valence-electron chi connectivity index (χ1n) is 5.11. The summed E-state index contributed by atoms with van der Waals surface area (Å²) in [4.78, 5) is 8.33. The zero-order valence-electron chi connectivity index (χ0n) is 8.61. The van der Waals surface area contributed by atoms with Crippen molar-refractivity contribution in [3.8, 4) is 0 Å². The molecule has 5 heteroatoms. The van der Waals surface area contributed by atoms with Gasteiger partial charge in [0.25, 0.3) is 0 Å². The van der Waals surface area contributed by atoms with Gasteiger partial charge in [-0.1, -0.05) is 0 Å². The van der Waals surface area contributed by atoms with Crippen molar-refractivity contribution in [1.29, 1.82) is 0 Å². The second kappa shape index (κ2) is 4.90. The van der Waals surface area contributed by atoms with E-state index in [0.29, 0.717) is 5.95 Å². The van der Waals surface area contributed by atoms with Crippen LogP contribution in [0.25, 0.3) is 0 Å². The molecule has 0 saturated carbocycles. The zero-order chi connectivity index (χ0) is 10.7. The van der Waals surface area contributed by atoms with Crippen LogP contribution in [0.3, 0.4) is 0 Å². The van der Waals surface area contributed by atoms with Crippen LogP contribution in [0, 0.1) is 0 Å². The van der Waals surface area contributed by atoms with Crippen molar-refractivity contribution in [2.75, 3.05) is 11.9 Å². The van der Waals surface area contributed by atoms with E-state index >= 15 is 0 Å². The number of hydrogen-bond donors (Lipinski definition) is 1. The van der Waals surface area contributed by atoms with Gasteiger partial charge in [0.1, 0.15) is 0 Å². The number of nitrogens with one attached hydrogen (secondary N) is 1. The predicted octanol–water partition coefficient (Wildman–Crippen LogP) is 2.22. The maximum absolute atomic E-state index is 5.58. The second-order valence-corrected chi connectivity index (χ2v) is 4.63. The molecule has 2 rings (SSSR count). The first-order chi connectivity index (χ1) is 7.25. The largest absolute Gasteiger partial charge is 0.376 e. The molecule has 0 radical (unpaired) electrons. The highest BCUT2D eigenvalue weighted by Gasteiger charge is 2.22. The van der Waals surface area contributed by atoms with E-state index in [9.17, 15) is 0 Å². The van der Waals surface area contributed by atoms with Crippen LogP contribution in [0.2, 0.25) is 0 Å². The lowest BCUT2D eigenvalue weighted by Crippen LogP contribution is -2.30. The third-order valence-corrected chi connectivity index (χ3v) is 2.91. The van der Waals surface area contributed by atoms with Gasteiger partial charge in [-0.3, -0.25) is 0 Å². The van der Waals surface area contributed by atoms with Crippen LogP contribution in [0.15, 0.2) is 16.9 Å². The lowest BCUT2D eigenvalue weighted by Gasteiger charge is -2.19. The quantitative estimate of drug-likeness (QED) is 0.916. The molecule has 82 valence electrons. The van der Waals surface area contributed by atoms with Gasteiger partial charge in [-0.15, -0.1) is 0 Å². The molecule has 0 aliphatic carbocycles. The van der Waals surface area contributed by atoms with E-state index in [-0.39, 0.29) is 12.1 Å². The molecule has 1 saturated heterocycles. The molecule has 15 heavy (non-hydrogen) atoms. The Labute approximate surface area is 97.6 Å². The Bertz CT molecular complexity index is 311. The molecule has 0 bridgehead atoms. The van der Waals surface area contributed by atoms with E-state index < -0.39 is 0 Å². The third kappa shape index (κ3) is 2.89. The molecule has 0 spiro atoms. The highest BCUT2D eigenvalue weighted by atomic mass is 79.9. The summed E-state index contributed by atoms with van der Waals surface area (Å²) in [6.07, 6.45) is 6.02. The van der Waals surface area contributed by atoms with Crippen LogP contribution >= 0.6 is 15.9 Å². The SMILES string of the molecule is CC(Nc1ncc(Br)cn1)C1CCCO1. The summed E-state index contributed by atoms with van der Waals surface area (Å²) < 4.78 is 6.47. The van der Waals surface area contributed by atoms with Gasteiger partial charge in [-0.2, -0.15) is 0 Å². The van der Waals surface area contributed by atoms with E-state index in [2.05, 4.69) is 38.1 Å². The molecule has 1 aliphatic rings. The topological polar surface area (TPSA) is 47.0 Å². The van der Waals surface area contributed by atoms with Gasteiger partial charge >= 0.3 is 0 Å². The normalized spacial score (nSPS) is 22.7. The summed E-state index contributed by atoms with van der Waals surface area (Å²) in [5.41, 5.74) is 0. The number of aromatic nitrogens is 2. The van der Waals surface area contributed by atoms with E-state index in [1.165, 1.54) is 0 Å². The van der Waals surface area contributed by atoms with Crippen molar-refractivity contribution in [2.24, 2.45) is 0 Å². The Hall–Kier alpha value is -0.680. The predicted molar refractivity (Wildman–Crippen MR) is 61.8 cm³/mol. The van der Waals surface area contributed by atoms with Crippen molar-refractivity contribution < 1.29 is 4.74 Å². The summed E-state index contributed by atoms with van der Waals surface area (Å²) in [7, 11) is 0. The minimum absolute atomic E-state index is 0.258. The molecule has 4 nitrogen and oxygen atoms in total. The van der Waals surface area contributed by atoms with E-state index in [0.717, 1.165) is 23.9 Å². The average Bonchev–Trinajstić information content (AvgIpc) is 2.74. The number of nitrogens with zero attached hydrogens (tertiary/aromatic N) is 2. The maximum atomic E-state index is 5.58. The number of halogens is 1. The fraction of sp³-hybridized carbons (Fsp3) is 0.600. The first-order valence-corrected chi connectivity index (χ1v) is 5.90. The summed E-state index contributed by atoms with van der Waals surface area (Å²) >= 11 is 3.30. The Morgan fingerprint density at radius 2 is 2.27 bits per heavy atom. The number of anilines is 1. The summed E-state index contributed by atoms with van der Waals surface area (Å²) in [6, 6.07) is 0.258. The zero-order valence-corrected chi connectivity index (χ0v) is 10.2. The molecule has 0 amide bonds. The van der Waals surface area contributed by atoms with Gasteiger partial charge in [-0.25, -0.2) is 9.97 Å². The number of ether oxygens (including phenoxy) is 1. The second-order valence-electron chi connectivity index (χ2n) is 3.71. The molecular formula is C10H14BrN3O. The molecule has 2 atom stereocenters. The van der Waals surface area contributed by atoms with Crippen LogP contribution in [0.4, 0.5) is 5.95 Å². The fourth-order valence-corrected chi connectivity index (χ4v) is 1.89. The number of rotatable bonds is 3. The number of hydrogen-bond acceptors (Lipinski definition) is 4. The molecular weight excluding hydrogens is 258 g/mol. The van der Waals surface area contributed by atoms with Gasteiger partial charge in [0.15, 0.2) is 0 Å². The summed E-state index contributed by atoms with van der Waals surface area (Å²) in [5, 5.41) is 3.24. The minimum Gasteiger partial charge on any atom is -0.376 e. The van der Waals surface area contributed by atoms with Crippen LogP contribution in [-0.4, -0.2) is 28.7 Å². The lowest BCUT2D eigenvalue weighted by molar-refractivity contribution is 0.0994. The van der Waals surface area contributed by atoms with Gasteiger partial charge in [0, 0.05) is 19.0 Å². The van der Waals surface area contributed by atoms with E-state index in [1.54, 1.807) is 12.4 Å². The minimum atomic E-state index is 0.258. The Kier molecular flexibility index (Phi) is 3.53. The molecule has 1 aliphatic heterocycles. The molecule has 1 N–H and O–H groups in total. The van der Waals surface area contributed by atoms with Gasteiger partial charge in [0.05, 0.1) is 16.6 Å². The summed E-state index contributed by atoms with van der Waals surface area (Å²) in [5.74, 6) is 0.654. The molecule has 2 unspecified atom stereocenters. The molecule has 2 heterocycles. The highest BCUT2D eigenvalue weighted by Crippen LogP contribution is 2.17. The average molecular weight is 272 g/mol. The molecule has 0 aromatic carbocycles. The summed E-state index contributed by atoms with van der Waals surface area (Å²) in [6.45, 7) is 2.97. The smallest absolute Gasteiger partial charge is 0.222 e. The monoisotopic (exact) mass is 271 g/mol. The first kappa shape index (κ1) is 10.8. The molecule has 1 aromatic heterocycles. The van der Waals surface area contributed by atoms with Crippen molar-refractivity contribution in [2.45, 2.75) is 31.9 Å². The van der Waals surface area contributed by atoms with Crippen molar-refractivity contribution in [3.05, 3.63) is 16.9 Å². The lowest BCUT2D eigenvalue weighted by atomic mass is 10.1. The van der Waals surface area contributed by atoms with Crippen LogP contribution in [0.5, 0.6) is 0 Å². The van der Waals surface area contributed by atoms with Gasteiger partial charge in [0.2, 0.25) is 5.95 Å². The van der Waals surface area contributed by atoms with Crippen LogP contribution < -0.4 is 5.32 Å². The fourth-order valence-electron chi connectivity index (χ4n) is 1.68. The van der Waals surface area contributed by atoms with Crippen LogP contribution in [-0.2, 0) is 4.74 Å². The third-order valence-electron chi connectivity index (χ3n) is 2.50. The Morgan fingerprint density at radius 3 is 2.87 bits per heavy atom. The standard InChI is InChI=1S/C10H14BrN3O/c1-7(9-3-2-4-15-9)14-10-12-5-8(11)6-13-10/h5-7,9H,2-4H2,1H3,(H,12,13,14). The Balaban J connectivity index is 1.92. The van der Waals surface area contributed by atoms with Gasteiger partial charge < -0.3 is 10.1 Å². The Morgan fingerprint density at radius 1 is 1.53 bits per heavy atom. The van der Waals surface area contributed by atoms with E-state index in [1.807, 2.05) is 0 Å². The van der Waals surface area contributed by atoms with E-state index in [4.69, 9.17) is 4.74 Å². The molecule has 1 aromatic rings. The maximum Gasteiger partial charge on any atom is 0.222 e. The molecule has 1 fully saturated rings. The van der Waals surface area contributed by atoms with Crippen LogP contribution in [0.1, 0.15) is 19.8 Å². The van der Waals surface area contributed by atoms with Crippen molar-refractivity contribution in [3.63, 3.8) is 0 Å². The van der Waals surface area contributed by atoms with Gasteiger partial charge in [-0.05, 0) is 35.7 Å². The van der Waals surface area contributed by atoms with Crippen molar-refractivity contribution in [1.82, 2.24) is 9.97 Å². The van der Waals surface area contributed by atoms with Crippen molar-refractivity contribution >= 4 is 21.9 Å². The highest BCUT2D eigenvalue weighted by molar-refractivity contribution is 9.10.